The molecule has 0 spiro atoms. The molecule has 1 aromatic carbocycles. The first-order valence-electron chi connectivity index (χ1n) is 6.71. The van der Waals surface area contributed by atoms with E-state index in [0.717, 1.165) is 19.3 Å². The standard InChI is InChI=1S/C15H24N2/c1-12(13-7-3-2-4-8-13)11-15(17)10-6-5-9-14(15)16/h2-4,7-8,12,14H,5-6,9-11,16-17H2,1H3/t12-,14?,15?/m1/s1. The zero-order valence-electron chi connectivity index (χ0n) is 10.7. The average Bonchev–Trinajstić information content (AvgIpc) is 2.34. The average molecular weight is 232 g/mol. The molecule has 0 radical (unpaired) electrons. The SMILES string of the molecule is C[C@H](CC1(N)CCCCC1N)c1ccccc1. The molecule has 0 bridgehead atoms. The Labute approximate surface area is 104 Å². The van der Waals surface area contributed by atoms with Gasteiger partial charge in [0.2, 0.25) is 0 Å². The van der Waals surface area contributed by atoms with Crippen molar-refractivity contribution < 1.29 is 0 Å². The van der Waals surface area contributed by atoms with Gasteiger partial charge in [0.05, 0.1) is 0 Å². The van der Waals surface area contributed by atoms with E-state index in [2.05, 4.69) is 37.3 Å². The maximum atomic E-state index is 6.52. The highest BCUT2D eigenvalue weighted by Crippen LogP contribution is 2.33. The van der Waals surface area contributed by atoms with E-state index in [-0.39, 0.29) is 11.6 Å². The molecule has 2 unspecified atom stereocenters. The lowest BCUT2D eigenvalue weighted by molar-refractivity contribution is 0.226. The van der Waals surface area contributed by atoms with Gasteiger partial charge in [0.25, 0.3) is 0 Å². The first-order valence-corrected chi connectivity index (χ1v) is 6.71. The summed E-state index contributed by atoms with van der Waals surface area (Å²) in [6.07, 6.45) is 5.62. The molecule has 1 aliphatic rings. The van der Waals surface area contributed by atoms with Gasteiger partial charge < -0.3 is 11.5 Å². The summed E-state index contributed by atoms with van der Waals surface area (Å²) in [5, 5.41) is 0. The van der Waals surface area contributed by atoms with Crippen LogP contribution < -0.4 is 11.5 Å². The Hall–Kier alpha value is -0.860. The van der Waals surface area contributed by atoms with Gasteiger partial charge in [0, 0.05) is 11.6 Å². The van der Waals surface area contributed by atoms with Gasteiger partial charge in [-0.2, -0.15) is 0 Å². The maximum absolute atomic E-state index is 6.52. The Kier molecular flexibility index (Phi) is 3.85. The van der Waals surface area contributed by atoms with E-state index in [0.29, 0.717) is 5.92 Å². The van der Waals surface area contributed by atoms with Crippen molar-refractivity contribution >= 4 is 0 Å². The summed E-state index contributed by atoms with van der Waals surface area (Å²) in [5.74, 6) is 0.491. The molecule has 4 N–H and O–H groups in total. The van der Waals surface area contributed by atoms with Gasteiger partial charge in [0.1, 0.15) is 0 Å². The molecule has 1 aromatic rings. The van der Waals surface area contributed by atoms with Crippen molar-refractivity contribution in [2.24, 2.45) is 11.5 Å². The molecule has 1 saturated carbocycles. The van der Waals surface area contributed by atoms with Gasteiger partial charge in [-0.25, -0.2) is 0 Å². The molecule has 0 saturated heterocycles. The summed E-state index contributed by atoms with van der Waals surface area (Å²) >= 11 is 0. The molecular weight excluding hydrogens is 208 g/mol. The number of rotatable bonds is 3. The first kappa shape index (κ1) is 12.6. The van der Waals surface area contributed by atoms with Crippen molar-refractivity contribution in [2.75, 3.05) is 0 Å². The van der Waals surface area contributed by atoms with Crippen molar-refractivity contribution in [3.05, 3.63) is 35.9 Å². The number of hydrogen-bond acceptors (Lipinski definition) is 2. The molecule has 2 nitrogen and oxygen atoms in total. The van der Waals surface area contributed by atoms with E-state index in [9.17, 15) is 0 Å². The quantitative estimate of drug-likeness (QED) is 0.842. The third kappa shape index (κ3) is 2.88. The van der Waals surface area contributed by atoms with Crippen LogP contribution in [0.1, 0.15) is 50.5 Å². The highest BCUT2D eigenvalue weighted by molar-refractivity contribution is 5.20. The number of benzene rings is 1. The monoisotopic (exact) mass is 232 g/mol. The van der Waals surface area contributed by atoms with Crippen molar-refractivity contribution in [2.45, 2.75) is 56.5 Å². The number of hydrogen-bond donors (Lipinski definition) is 2. The zero-order valence-corrected chi connectivity index (χ0v) is 10.7. The molecule has 0 heterocycles. The molecule has 2 rings (SSSR count). The van der Waals surface area contributed by atoms with Crippen LogP contribution in [0.5, 0.6) is 0 Å². The summed E-state index contributed by atoms with van der Waals surface area (Å²) < 4.78 is 0. The Morgan fingerprint density at radius 2 is 2.00 bits per heavy atom. The second kappa shape index (κ2) is 5.19. The smallest absolute Gasteiger partial charge is 0.0313 e. The van der Waals surface area contributed by atoms with Gasteiger partial charge in [-0.15, -0.1) is 0 Å². The minimum absolute atomic E-state index is 0.159. The third-order valence-corrected chi connectivity index (χ3v) is 4.20. The summed E-state index contributed by atoms with van der Waals surface area (Å²) in [7, 11) is 0. The van der Waals surface area contributed by atoms with Crippen LogP contribution in [0.15, 0.2) is 30.3 Å². The minimum Gasteiger partial charge on any atom is -0.326 e. The van der Waals surface area contributed by atoms with Crippen LogP contribution in [0, 0.1) is 0 Å². The Bertz CT molecular complexity index is 349. The van der Waals surface area contributed by atoms with Gasteiger partial charge in [-0.3, -0.25) is 0 Å². The van der Waals surface area contributed by atoms with Crippen LogP contribution in [0.3, 0.4) is 0 Å². The van der Waals surface area contributed by atoms with E-state index in [1.165, 1.54) is 18.4 Å². The lowest BCUT2D eigenvalue weighted by Crippen LogP contribution is -2.57. The third-order valence-electron chi connectivity index (χ3n) is 4.20. The second-order valence-electron chi connectivity index (χ2n) is 5.60. The van der Waals surface area contributed by atoms with Crippen molar-refractivity contribution in [1.82, 2.24) is 0 Å². The Morgan fingerprint density at radius 1 is 1.29 bits per heavy atom. The van der Waals surface area contributed by atoms with E-state index in [4.69, 9.17) is 11.5 Å². The topological polar surface area (TPSA) is 52.0 Å². The fraction of sp³-hybridized carbons (Fsp3) is 0.600. The predicted octanol–water partition coefficient (Wildman–Crippen LogP) is 2.78. The van der Waals surface area contributed by atoms with Crippen LogP contribution >= 0.6 is 0 Å². The highest BCUT2D eigenvalue weighted by Gasteiger charge is 2.36. The van der Waals surface area contributed by atoms with E-state index < -0.39 is 0 Å². The van der Waals surface area contributed by atoms with Crippen molar-refractivity contribution in [3.63, 3.8) is 0 Å². The van der Waals surface area contributed by atoms with E-state index in [1.54, 1.807) is 0 Å². The van der Waals surface area contributed by atoms with Crippen LogP contribution in [0.4, 0.5) is 0 Å². The highest BCUT2D eigenvalue weighted by atomic mass is 14.9. The van der Waals surface area contributed by atoms with E-state index in [1.807, 2.05) is 0 Å². The fourth-order valence-electron chi connectivity index (χ4n) is 3.01. The minimum atomic E-state index is -0.159. The molecule has 17 heavy (non-hydrogen) atoms. The van der Waals surface area contributed by atoms with E-state index >= 15 is 0 Å². The van der Waals surface area contributed by atoms with Crippen molar-refractivity contribution in [3.8, 4) is 0 Å². The van der Waals surface area contributed by atoms with Crippen molar-refractivity contribution in [1.29, 1.82) is 0 Å². The van der Waals surface area contributed by atoms with Crippen LogP contribution in [-0.4, -0.2) is 11.6 Å². The summed E-state index contributed by atoms with van der Waals surface area (Å²) in [6.45, 7) is 2.26. The normalized spacial score (nSPS) is 31.1. The summed E-state index contributed by atoms with van der Waals surface area (Å²) in [4.78, 5) is 0. The van der Waals surface area contributed by atoms with Gasteiger partial charge >= 0.3 is 0 Å². The van der Waals surface area contributed by atoms with Gasteiger partial charge in [-0.1, -0.05) is 50.1 Å². The molecule has 2 heteroatoms. The largest absolute Gasteiger partial charge is 0.326 e. The zero-order chi connectivity index (χ0) is 12.3. The predicted molar refractivity (Wildman–Crippen MR) is 72.8 cm³/mol. The molecular formula is C15H24N2. The molecule has 0 amide bonds. The molecule has 3 atom stereocenters. The Morgan fingerprint density at radius 3 is 2.65 bits per heavy atom. The van der Waals surface area contributed by atoms with Gasteiger partial charge in [-0.05, 0) is 30.7 Å². The molecule has 0 aromatic heterocycles. The van der Waals surface area contributed by atoms with Gasteiger partial charge in [0.15, 0.2) is 0 Å². The fourth-order valence-corrected chi connectivity index (χ4v) is 3.01. The van der Waals surface area contributed by atoms with Crippen LogP contribution in [-0.2, 0) is 0 Å². The molecule has 94 valence electrons. The first-order chi connectivity index (χ1) is 8.12. The summed E-state index contributed by atoms with van der Waals surface area (Å²) in [6, 6.07) is 10.8. The van der Waals surface area contributed by atoms with Crippen LogP contribution in [0.2, 0.25) is 0 Å². The lowest BCUT2D eigenvalue weighted by atomic mass is 9.72. The molecule has 1 aliphatic carbocycles. The Balaban J connectivity index is 2.05. The second-order valence-corrected chi connectivity index (χ2v) is 5.60. The molecule has 0 aliphatic heterocycles. The molecule has 1 fully saturated rings. The summed E-state index contributed by atoms with van der Waals surface area (Å²) in [5.41, 5.74) is 13.9. The number of nitrogens with two attached hydrogens (primary N) is 2. The lowest BCUT2D eigenvalue weighted by Gasteiger charge is -2.41. The van der Waals surface area contributed by atoms with Crippen LogP contribution in [0.25, 0.3) is 0 Å². The maximum Gasteiger partial charge on any atom is 0.0313 e.